The number of anilines is 1. The number of benzene rings is 5. The number of rotatable bonds is 11. The molecule has 0 aromatic heterocycles. The zero-order chi connectivity index (χ0) is 42.7. The highest BCUT2D eigenvalue weighted by atomic mass is 16.6. The van der Waals surface area contributed by atoms with E-state index in [1.807, 2.05) is 77.7 Å². The summed E-state index contributed by atoms with van der Waals surface area (Å²) < 4.78 is 28.1. The molecule has 0 unspecified atom stereocenters. The maximum Gasteiger partial charge on any atom is 0.421 e. The Morgan fingerprint density at radius 2 is 1.39 bits per heavy atom. The Bertz CT molecular complexity index is 2490. The van der Waals surface area contributed by atoms with Gasteiger partial charge >= 0.3 is 12.1 Å². The first kappa shape index (κ1) is 40.8. The third-order valence-electron chi connectivity index (χ3n) is 11.5. The lowest BCUT2D eigenvalue weighted by Gasteiger charge is -2.46. The number of carbonyl (C=O) groups excluding carboxylic acids is 4. The van der Waals surface area contributed by atoms with Gasteiger partial charge in [-0.2, -0.15) is 0 Å². The lowest BCUT2D eigenvalue weighted by atomic mass is 9.65. The van der Waals surface area contributed by atoms with Gasteiger partial charge in [0.25, 0.3) is 0 Å². The van der Waals surface area contributed by atoms with Gasteiger partial charge in [0.2, 0.25) is 11.8 Å². The molecule has 3 amide bonds. The maximum atomic E-state index is 15.9. The van der Waals surface area contributed by atoms with Gasteiger partial charge in [0.1, 0.15) is 42.3 Å². The number of esters is 1. The van der Waals surface area contributed by atoms with Gasteiger partial charge in [-0.25, -0.2) is 9.69 Å². The number of cyclic esters (lactones) is 1. The highest BCUT2D eigenvalue weighted by Gasteiger charge is 2.75. The fourth-order valence-electron chi connectivity index (χ4n) is 9.00. The Kier molecular flexibility index (Phi) is 11.6. The number of imide groups is 1. The van der Waals surface area contributed by atoms with Crippen LogP contribution in [0.1, 0.15) is 51.6 Å². The van der Waals surface area contributed by atoms with Gasteiger partial charge in [-0.1, -0.05) is 84.6 Å². The molecule has 0 radical (unpaired) electrons. The van der Waals surface area contributed by atoms with Crippen LogP contribution < -0.4 is 20.1 Å². The normalized spacial score (nSPS) is 22.7. The van der Waals surface area contributed by atoms with E-state index < -0.39 is 59.4 Å². The number of ether oxygens (including phenoxy) is 5. The number of amides is 3. The van der Waals surface area contributed by atoms with E-state index in [0.29, 0.717) is 33.8 Å². The van der Waals surface area contributed by atoms with Crippen molar-refractivity contribution in [1.29, 1.82) is 0 Å². The smallest absolute Gasteiger partial charge is 0.421 e. The standard InChI is InChI=1S/C48H43N3O10/c1-57-27-28-60-47(56)50-38-24-17-31(14-13-30-15-20-35(58-2)21-16-30)29-37(38)48(46(50)55)39(44(49)53)41-45(54)61-42(33-11-7-4-8-12-33)40(32-9-5-3-6-10-32)51(41)43(48)34-18-22-36(23-19-34)59-26-25-52/h3-12,15-24,29,39-43,52H,25-28H2,1-2H3,(H2,49,53)/t39-,40-,41-,42+,43+,48-/m1/s1. The Labute approximate surface area is 352 Å². The van der Waals surface area contributed by atoms with Gasteiger partial charge in [0.05, 0.1) is 44.0 Å². The largest absolute Gasteiger partial charge is 0.497 e. The van der Waals surface area contributed by atoms with Crippen LogP contribution in [0.25, 0.3) is 0 Å². The molecule has 2 saturated heterocycles. The van der Waals surface area contributed by atoms with E-state index in [0.717, 1.165) is 10.5 Å². The topological polar surface area (TPSA) is 167 Å². The summed E-state index contributed by atoms with van der Waals surface area (Å²) in [5.74, 6) is 3.33. The lowest BCUT2D eigenvalue weighted by Crippen LogP contribution is -2.55. The van der Waals surface area contributed by atoms with Gasteiger partial charge in [0.15, 0.2) is 0 Å². The van der Waals surface area contributed by atoms with Gasteiger partial charge < -0.3 is 34.5 Å². The molecular formula is C48H43N3O10. The number of morpholine rings is 1. The van der Waals surface area contributed by atoms with E-state index in [9.17, 15) is 19.5 Å². The van der Waals surface area contributed by atoms with Crippen LogP contribution in [0.3, 0.4) is 0 Å². The highest BCUT2D eigenvalue weighted by Crippen LogP contribution is 2.65. The van der Waals surface area contributed by atoms with Gasteiger partial charge in [-0.3, -0.25) is 19.3 Å². The molecular weight excluding hydrogens is 779 g/mol. The fourth-order valence-corrected chi connectivity index (χ4v) is 9.00. The average Bonchev–Trinajstić information content (AvgIpc) is 3.75. The number of aliphatic hydroxyl groups is 1. The summed E-state index contributed by atoms with van der Waals surface area (Å²) in [6, 6.07) is 34.3. The predicted molar refractivity (Wildman–Crippen MR) is 222 cm³/mol. The lowest BCUT2D eigenvalue weighted by molar-refractivity contribution is -0.178. The van der Waals surface area contributed by atoms with Crippen LogP contribution in [0.15, 0.2) is 127 Å². The Balaban J connectivity index is 1.41. The van der Waals surface area contributed by atoms with Crippen molar-refractivity contribution < 1.29 is 48.0 Å². The third-order valence-corrected chi connectivity index (χ3v) is 11.5. The molecule has 2 fully saturated rings. The van der Waals surface area contributed by atoms with E-state index in [-0.39, 0.29) is 37.7 Å². The van der Waals surface area contributed by atoms with Crippen molar-refractivity contribution in [3.8, 4) is 23.3 Å². The number of aliphatic hydroxyl groups excluding tert-OH is 1. The zero-order valence-corrected chi connectivity index (χ0v) is 33.4. The molecule has 13 nitrogen and oxygen atoms in total. The molecule has 1 spiro atoms. The van der Waals surface area contributed by atoms with Crippen molar-refractivity contribution in [2.24, 2.45) is 11.7 Å². The number of nitrogens with zero attached hydrogens (tertiary/aromatic N) is 2. The van der Waals surface area contributed by atoms with Crippen molar-refractivity contribution in [3.05, 3.63) is 161 Å². The Morgan fingerprint density at radius 3 is 2.03 bits per heavy atom. The van der Waals surface area contributed by atoms with Crippen molar-refractivity contribution in [2.45, 2.75) is 29.6 Å². The van der Waals surface area contributed by atoms with E-state index in [1.54, 1.807) is 61.7 Å². The number of methoxy groups -OCH3 is 2. The van der Waals surface area contributed by atoms with E-state index >= 15 is 4.79 Å². The molecule has 3 N–H and O–H groups in total. The Morgan fingerprint density at radius 1 is 0.754 bits per heavy atom. The van der Waals surface area contributed by atoms with Crippen LogP contribution in [-0.4, -0.2) is 80.6 Å². The van der Waals surface area contributed by atoms with E-state index in [4.69, 9.17) is 29.4 Å². The first-order valence-electron chi connectivity index (χ1n) is 19.7. The van der Waals surface area contributed by atoms with Gasteiger partial charge in [0, 0.05) is 18.2 Å². The minimum absolute atomic E-state index is 0.0394. The first-order valence-corrected chi connectivity index (χ1v) is 19.7. The summed E-state index contributed by atoms with van der Waals surface area (Å²) in [6.45, 7) is -0.279. The van der Waals surface area contributed by atoms with Crippen molar-refractivity contribution in [1.82, 2.24) is 4.90 Å². The summed E-state index contributed by atoms with van der Waals surface area (Å²) in [6.07, 6.45) is -1.90. The second kappa shape index (κ2) is 17.3. The third kappa shape index (κ3) is 7.24. The maximum absolute atomic E-state index is 15.9. The van der Waals surface area contributed by atoms with Crippen LogP contribution in [0.2, 0.25) is 0 Å². The minimum Gasteiger partial charge on any atom is -0.497 e. The zero-order valence-electron chi connectivity index (χ0n) is 33.4. The summed E-state index contributed by atoms with van der Waals surface area (Å²) >= 11 is 0. The summed E-state index contributed by atoms with van der Waals surface area (Å²) in [7, 11) is 3.03. The van der Waals surface area contributed by atoms with E-state index in [2.05, 4.69) is 11.8 Å². The second-order valence-corrected chi connectivity index (χ2v) is 14.8. The molecule has 6 atom stereocenters. The SMILES string of the molecule is COCCOC(=O)N1C(=O)[C@@]2(c3cc(C#Cc4ccc(OC)cc4)ccc31)[C@H](c1ccc(OCCO)cc1)N1[C@H](c3ccccc3)[C@H](c3ccccc3)OC(=O)[C@H]1[C@@H]2C(N)=O. The quantitative estimate of drug-likeness (QED) is 0.0996. The molecule has 0 bridgehead atoms. The van der Waals surface area contributed by atoms with Crippen LogP contribution in [0.5, 0.6) is 11.5 Å². The molecule has 3 heterocycles. The number of hydrogen-bond donors (Lipinski definition) is 2. The van der Waals surface area contributed by atoms with Gasteiger partial charge in [-0.15, -0.1) is 0 Å². The number of nitrogens with two attached hydrogens (primary N) is 1. The molecule has 3 aliphatic heterocycles. The molecule has 310 valence electrons. The summed E-state index contributed by atoms with van der Waals surface area (Å²) in [5.41, 5.74) is 7.89. The molecule has 61 heavy (non-hydrogen) atoms. The Hall–Kier alpha value is -6.98. The van der Waals surface area contributed by atoms with Crippen LogP contribution >= 0.6 is 0 Å². The minimum atomic E-state index is -2.03. The first-order chi connectivity index (χ1) is 29.7. The van der Waals surface area contributed by atoms with Crippen LogP contribution in [0, 0.1) is 17.8 Å². The molecule has 0 saturated carbocycles. The summed E-state index contributed by atoms with van der Waals surface area (Å²) in [4.78, 5) is 62.1. The van der Waals surface area contributed by atoms with Crippen molar-refractivity contribution in [2.75, 3.05) is 45.5 Å². The number of hydrogen-bond acceptors (Lipinski definition) is 11. The molecule has 13 heteroatoms. The molecule has 5 aromatic carbocycles. The molecule has 3 aliphatic rings. The van der Waals surface area contributed by atoms with E-state index in [1.165, 1.54) is 7.11 Å². The van der Waals surface area contributed by atoms with Gasteiger partial charge in [-0.05, 0) is 76.9 Å². The van der Waals surface area contributed by atoms with Crippen LogP contribution in [-0.2, 0) is 34.0 Å². The number of primary amides is 1. The fraction of sp³-hybridized carbons (Fsp3) is 0.250. The number of carbonyl (C=O) groups is 4. The number of fused-ring (bicyclic) bond motifs is 3. The second-order valence-electron chi connectivity index (χ2n) is 14.8. The highest BCUT2D eigenvalue weighted by molar-refractivity contribution is 6.23. The van der Waals surface area contributed by atoms with Crippen molar-refractivity contribution in [3.63, 3.8) is 0 Å². The molecule has 5 aromatic rings. The molecule has 0 aliphatic carbocycles. The summed E-state index contributed by atoms with van der Waals surface area (Å²) in [5, 5.41) is 9.47. The average molecular weight is 822 g/mol. The van der Waals surface area contributed by atoms with Crippen molar-refractivity contribution >= 4 is 29.6 Å². The monoisotopic (exact) mass is 821 g/mol. The predicted octanol–water partition coefficient (Wildman–Crippen LogP) is 5.40. The van der Waals surface area contributed by atoms with Crippen LogP contribution in [0.4, 0.5) is 10.5 Å². The molecule has 8 rings (SSSR count).